The first-order chi connectivity index (χ1) is 20.8. The average molecular weight is 642 g/mol. The monoisotopic (exact) mass is 640 g/mol. The fourth-order valence-corrected chi connectivity index (χ4v) is 8.75. The lowest BCUT2D eigenvalue weighted by molar-refractivity contribution is -0.122. The van der Waals surface area contributed by atoms with Gasteiger partial charge in [-0.05, 0) is 125 Å². The summed E-state index contributed by atoms with van der Waals surface area (Å²) in [6.45, 7) is 0.343. The SMILES string of the molecule is COc1cc(/C=C2/C(=O)NC(=O)N(c3ccc(C45CC6CC(CC(C6)C4)C5)cc3)C2=O)cc(Br)c1OCc1ccccc1. The number of imide groups is 2. The largest absolute Gasteiger partial charge is 0.493 e. The van der Waals surface area contributed by atoms with Crippen molar-refractivity contribution in [3.8, 4) is 11.5 Å². The molecule has 5 aliphatic rings. The Hall–Kier alpha value is -3.91. The van der Waals surface area contributed by atoms with E-state index in [1.54, 1.807) is 12.1 Å². The first-order valence-electron chi connectivity index (χ1n) is 14.9. The Morgan fingerprint density at radius 1 is 0.930 bits per heavy atom. The first-order valence-corrected chi connectivity index (χ1v) is 15.7. The minimum atomic E-state index is -0.752. The summed E-state index contributed by atoms with van der Waals surface area (Å²) >= 11 is 3.55. The van der Waals surface area contributed by atoms with Crippen LogP contribution in [0.1, 0.15) is 55.2 Å². The van der Waals surface area contributed by atoms with E-state index in [4.69, 9.17) is 9.47 Å². The fourth-order valence-electron chi connectivity index (χ4n) is 8.18. The van der Waals surface area contributed by atoms with Crippen molar-refractivity contribution >= 4 is 45.5 Å². The lowest BCUT2D eigenvalue weighted by Gasteiger charge is -2.57. The maximum Gasteiger partial charge on any atom is 0.335 e. The molecule has 4 bridgehead atoms. The normalized spacial score (nSPS) is 27.0. The summed E-state index contributed by atoms with van der Waals surface area (Å²) in [6, 6.07) is 20.3. The van der Waals surface area contributed by atoms with Crippen molar-refractivity contribution in [2.75, 3.05) is 12.0 Å². The van der Waals surface area contributed by atoms with Gasteiger partial charge in [-0.2, -0.15) is 0 Å². The molecule has 8 heteroatoms. The minimum absolute atomic E-state index is 0.142. The summed E-state index contributed by atoms with van der Waals surface area (Å²) in [5.41, 5.74) is 3.36. The van der Waals surface area contributed by atoms with Crippen molar-refractivity contribution in [2.24, 2.45) is 17.8 Å². The molecule has 4 amide bonds. The number of benzene rings is 3. The number of halogens is 1. The molecule has 1 aliphatic heterocycles. The molecule has 1 saturated heterocycles. The number of amides is 4. The first kappa shape index (κ1) is 27.9. The third-order valence-electron chi connectivity index (χ3n) is 9.67. The average Bonchev–Trinajstić information content (AvgIpc) is 2.98. The van der Waals surface area contributed by atoms with Crippen LogP contribution in [0.4, 0.5) is 10.5 Å². The van der Waals surface area contributed by atoms with E-state index >= 15 is 0 Å². The van der Waals surface area contributed by atoms with Crippen LogP contribution in [0, 0.1) is 17.8 Å². The Kier molecular flexibility index (Phi) is 7.12. The number of carbonyl (C=O) groups is 3. The van der Waals surface area contributed by atoms with Crippen LogP contribution in [0.5, 0.6) is 11.5 Å². The summed E-state index contributed by atoms with van der Waals surface area (Å²) in [6.07, 6.45) is 9.28. The van der Waals surface area contributed by atoms with Gasteiger partial charge in [0.15, 0.2) is 11.5 Å². The number of ether oxygens (including phenoxy) is 2. The van der Waals surface area contributed by atoms with Gasteiger partial charge in [-0.1, -0.05) is 42.5 Å². The van der Waals surface area contributed by atoms with Gasteiger partial charge in [-0.3, -0.25) is 14.9 Å². The number of anilines is 1. The number of hydrogen-bond donors (Lipinski definition) is 1. The van der Waals surface area contributed by atoms with Crippen LogP contribution in [-0.4, -0.2) is 25.0 Å². The van der Waals surface area contributed by atoms with Gasteiger partial charge in [0.2, 0.25) is 0 Å². The van der Waals surface area contributed by atoms with Crippen LogP contribution >= 0.6 is 15.9 Å². The van der Waals surface area contributed by atoms with Crippen LogP contribution in [0.25, 0.3) is 6.08 Å². The number of nitrogens with zero attached hydrogens (tertiary/aromatic N) is 1. The fraction of sp³-hybridized carbons (Fsp3) is 0.343. The quantitative estimate of drug-likeness (QED) is 0.219. The smallest absolute Gasteiger partial charge is 0.335 e. The van der Waals surface area contributed by atoms with Crippen molar-refractivity contribution in [1.29, 1.82) is 0 Å². The number of urea groups is 1. The van der Waals surface area contributed by atoms with Gasteiger partial charge in [0.1, 0.15) is 12.2 Å². The summed E-state index contributed by atoms with van der Waals surface area (Å²) in [7, 11) is 1.53. The Morgan fingerprint density at radius 3 is 2.21 bits per heavy atom. The van der Waals surface area contributed by atoms with Gasteiger partial charge in [-0.15, -0.1) is 0 Å². The zero-order valence-corrected chi connectivity index (χ0v) is 25.6. The molecule has 5 fully saturated rings. The van der Waals surface area contributed by atoms with Crippen molar-refractivity contribution in [1.82, 2.24) is 5.32 Å². The molecule has 0 aromatic heterocycles. The topological polar surface area (TPSA) is 84.9 Å². The van der Waals surface area contributed by atoms with Crippen LogP contribution in [-0.2, 0) is 21.6 Å². The summed E-state index contributed by atoms with van der Waals surface area (Å²) < 4.78 is 12.2. The molecule has 8 rings (SSSR count). The molecule has 4 aliphatic carbocycles. The number of methoxy groups -OCH3 is 1. The van der Waals surface area contributed by atoms with E-state index in [-0.39, 0.29) is 11.0 Å². The van der Waals surface area contributed by atoms with Crippen LogP contribution in [0.3, 0.4) is 0 Å². The second-order valence-electron chi connectivity index (χ2n) is 12.5. The third kappa shape index (κ3) is 5.16. The molecule has 1 N–H and O–H groups in total. The molecule has 3 aromatic carbocycles. The Balaban J connectivity index is 1.13. The molecule has 0 atom stereocenters. The van der Waals surface area contributed by atoms with Gasteiger partial charge in [0.05, 0.1) is 17.3 Å². The van der Waals surface area contributed by atoms with E-state index in [0.29, 0.717) is 33.8 Å². The standard InChI is InChI=1S/C35H33BrN2O5/c1-42-30-16-22(15-29(36)31(30)43-20-21-5-3-2-4-6-21)14-28-32(39)37-34(41)38(33(28)40)27-9-7-26(8-10-27)35-17-23-11-24(18-35)13-25(12-23)19-35/h2-10,14-16,23-25H,11-13,17-20H2,1H3,(H,37,39,41)/b28-14-. The number of carbonyl (C=O) groups excluding carboxylic acids is 3. The second-order valence-corrected chi connectivity index (χ2v) is 13.4. The highest BCUT2D eigenvalue weighted by atomic mass is 79.9. The van der Waals surface area contributed by atoms with E-state index in [1.807, 2.05) is 42.5 Å². The summed E-state index contributed by atoms with van der Waals surface area (Å²) in [4.78, 5) is 40.4. The Labute approximate surface area is 259 Å². The predicted molar refractivity (Wildman–Crippen MR) is 167 cm³/mol. The number of barbiturate groups is 1. The summed E-state index contributed by atoms with van der Waals surface area (Å²) in [5.74, 6) is 2.00. The van der Waals surface area contributed by atoms with Gasteiger partial charge in [-0.25, -0.2) is 9.69 Å². The molecule has 0 radical (unpaired) electrons. The van der Waals surface area contributed by atoms with Crippen molar-refractivity contribution < 1.29 is 23.9 Å². The number of rotatable bonds is 7. The van der Waals surface area contributed by atoms with E-state index in [2.05, 4.69) is 33.4 Å². The van der Waals surface area contributed by atoms with Crippen LogP contribution in [0.15, 0.2) is 76.8 Å². The van der Waals surface area contributed by atoms with E-state index in [9.17, 15) is 14.4 Å². The van der Waals surface area contributed by atoms with E-state index in [1.165, 1.54) is 57.3 Å². The second kappa shape index (κ2) is 11.0. The van der Waals surface area contributed by atoms with Gasteiger partial charge >= 0.3 is 6.03 Å². The van der Waals surface area contributed by atoms with E-state index < -0.39 is 17.8 Å². The molecule has 4 saturated carbocycles. The molecule has 7 nitrogen and oxygen atoms in total. The van der Waals surface area contributed by atoms with Crippen LogP contribution < -0.4 is 19.7 Å². The minimum Gasteiger partial charge on any atom is -0.493 e. The highest BCUT2D eigenvalue weighted by Gasteiger charge is 2.51. The van der Waals surface area contributed by atoms with E-state index in [0.717, 1.165) is 28.2 Å². The molecular formula is C35H33BrN2O5. The number of nitrogens with one attached hydrogen (secondary N) is 1. The molecule has 0 unspecified atom stereocenters. The molecule has 3 aromatic rings. The lowest BCUT2D eigenvalue weighted by Crippen LogP contribution is -2.54. The Bertz CT molecular complexity index is 1600. The van der Waals surface area contributed by atoms with Gasteiger partial charge in [0.25, 0.3) is 11.8 Å². The van der Waals surface area contributed by atoms with Crippen molar-refractivity contribution in [3.05, 3.63) is 93.5 Å². The maximum atomic E-state index is 13.6. The summed E-state index contributed by atoms with van der Waals surface area (Å²) in [5, 5.41) is 2.34. The predicted octanol–water partition coefficient (Wildman–Crippen LogP) is 7.17. The molecular weight excluding hydrogens is 608 g/mol. The zero-order valence-electron chi connectivity index (χ0n) is 24.0. The number of hydrogen-bond acceptors (Lipinski definition) is 5. The van der Waals surface area contributed by atoms with Gasteiger partial charge < -0.3 is 9.47 Å². The third-order valence-corrected chi connectivity index (χ3v) is 10.3. The molecule has 43 heavy (non-hydrogen) atoms. The van der Waals surface area contributed by atoms with Crippen molar-refractivity contribution in [2.45, 2.75) is 50.5 Å². The lowest BCUT2D eigenvalue weighted by atomic mass is 9.48. The molecule has 0 spiro atoms. The highest BCUT2D eigenvalue weighted by Crippen LogP contribution is 2.60. The van der Waals surface area contributed by atoms with Crippen molar-refractivity contribution in [3.63, 3.8) is 0 Å². The molecule has 1 heterocycles. The molecule has 220 valence electrons. The van der Waals surface area contributed by atoms with Crippen LogP contribution in [0.2, 0.25) is 0 Å². The maximum absolute atomic E-state index is 13.6. The Morgan fingerprint density at radius 2 is 1.58 bits per heavy atom. The highest BCUT2D eigenvalue weighted by molar-refractivity contribution is 9.10. The van der Waals surface area contributed by atoms with Gasteiger partial charge in [0, 0.05) is 0 Å². The zero-order chi connectivity index (χ0) is 29.7.